The molecule has 0 bridgehead atoms. The van der Waals surface area contributed by atoms with Crippen LogP contribution in [0.25, 0.3) is 0 Å². The van der Waals surface area contributed by atoms with Gasteiger partial charge in [-0.2, -0.15) is 0 Å². The molecule has 1 N–H and O–H groups in total. The summed E-state index contributed by atoms with van der Waals surface area (Å²) in [7, 11) is 5.79. The van der Waals surface area contributed by atoms with Crippen molar-refractivity contribution < 1.29 is 9.84 Å². The molecule has 0 atom stereocenters. The molecule has 23 heavy (non-hydrogen) atoms. The van der Waals surface area contributed by atoms with Crippen LogP contribution in [0.3, 0.4) is 0 Å². The van der Waals surface area contributed by atoms with Crippen molar-refractivity contribution in [2.24, 2.45) is 0 Å². The summed E-state index contributed by atoms with van der Waals surface area (Å²) < 4.78 is 4.97. The lowest BCUT2D eigenvalue weighted by molar-refractivity contribution is -0.00857. The van der Waals surface area contributed by atoms with E-state index in [0.717, 1.165) is 31.6 Å². The van der Waals surface area contributed by atoms with E-state index in [1.165, 1.54) is 24.8 Å². The Bertz CT molecular complexity index is 381. The molecule has 0 spiro atoms. The standard InChI is InChI=1S/C10H21NO.C8H10O.C2H6/c1-11(2)9-8-10(12)6-4-3-5-7-10;1-7-3-5-8(9-2)6-4-7;1-2/h12H,3-9H2,1-2H3;3-6H,1-2H3;1-2H3. The molecule has 0 aliphatic heterocycles. The Morgan fingerprint density at radius 1 is 1.04 bits per heavy atom. The summed E-state index contributed by atoms with van der Waals surface area (Å²) in [4.78, 5) is 2.15. The van der Waals surface area contributed by atoms with Crippen LogP contribution in [0.2, 0.25) is 0 Å². The van der Waals surface area contributed by atoms with Crippen LogP contribution in [-0.4, -0.2) is 43.4 Å². The minimum Gasteiger partial charge on any atom is -0.497 e. The molecule has 0 unspecified atom stereocenters. The van der Waals surface area contributed by atoms with Gasteiger partial charge in [-0.05, 0) is 52.4 Å². The molecule has 3 heteroatoms. The maximum absolute atomic E-state index is 10.1. The number of methoxy groups -OCH3 is 1. The molecule has 1 fully saturated rings. The van der Waals surface area contributed by atoms with Crippen LogP contribution in [0.4, 0.5) is 0 Å². The van der Waals surface area contributed by atoms with Crippen molar-refractivity contribution in [3.63, 3.8) is 0 Å². The van der Waals surface area contributed by atoms with Crippen LogP contribution in [0, 0.1) is 6.92 Å². The van der Waals surface area contributed by atoms with Crippen molar-refractivity contribution in [2.75, 3.05) is 27.7 Å². The fourth-order valence-electron chi connectivity index (χ4n) is 2.57. The normalized spacial score (nSPS) is 15.8. The lowest BCUT2D eigenvalue weighted by Crippen LogP contribution is -2.34. The molecule has 0 saturated heterocycles. The monoisotopic (exact) mass is 323 g/mol. The summed E-state index contributed by atoms with van der Waals surface area (Å²) in [5.41, 5.74) is 0.929. The van der Waals surface area contributed by atoms with Gasteiger partial charge in [-0.15, -0.1) is 0 Å². The van der Waals surface area contributed by atoms with Crippen molar-refractivity contribution in [3.05, 3.63) is 29.8 Å². The van der Waals surface area contributed by atoms with Crippen molar-refractivity contribution >= 4 is 0 Å². The lowest BCUT2D eigenvalue weighted by Gasteiger charge is -2.32. The fraction of sp³-hybridized carbons (Fsp3) is 0.700. The first-order valence-corrected chi connectivity index (χ1v) is 8.93. The number of hydrogen-bond acceptors (Lipinski definition) is 3. The van der Waals surface area contributed by atoms with Crippen LogP contribution in [0.5, 0.6) is 5.75 Å². The smallest absolute Gasteiger partial charge is 0.118 e. The molecule has 0 radical (unpaired) electrons. The van der Waals surface area contributed by atoms with E-state index in [2.05, 4.69) is 25.9 Å². The van der Waals surface area contributed by atoms with Gasteiger partial charge in [0.25, 0.3) is 0 Å². The van der Waals surface area contributed by atoms with E-state index in [1.54, 1.807) is 7.11 Å². The zero-order valence-corrected chi connectivity index (χ0v) is 16.1. The van der Waals surface area contributed by atoms with Gasteiger partial charge >= 0.3 is 0 Å². The quantitative estimate of drug-likeness (QED) is 0.874. The second-order valence-corrected chi connectivity index (χ2v) is 6.36. The Labute approximate surface area is 143 Å². The highest BCUT2D eigenvalue weighted by Crippen LogP contribution is 2.30. The predicted molar refractivity (Wildman–Crippen MR) is 100 cm³/mol. The van der Waals surface area contributed by atoms with E-state index in [4.69, 9.17) is 4.74 Å². The van der Waals surface area contributed by atoms with Crippen LogP contribution in [0.1, 0.15) is 57.9 Å². The van der Waals surface area contributed by atoms with Gasteiger partial charge < -0.3 is 14.7 Å². The molecule has 0 amide bonds. The van der Waals surface area contributed by atoms with Crippen molar-refractivity contribution in [1.82, 2.24) is 4.90 Å². The van der Waals surface area contributed by atoms with Crippen LogP contribution in [0.15, 0.2) is 24.3 Å². The Hall–Kier alpha value is -1.06. The highest BCUT2D eigenvalue weighted by Gasteiger charge is 2.28. The second-order valence-electron chi connectivity index (χ2n) is 6.36. The van der Waals surface area contributed by atoms with Crippen molar-refractivity contribution in [2.45, 2.75) is 64.9 Å². The predicted octanol–water partition coefficient (Wildman–Crippen LogP) is 4.66. The van der Waals surface area contributed by atoms with Gasteiger partial charge in [-0.25, -0.2) is 0 Å². The maximum atomic E-state index is 10.1. The Morgan fingerprint density at radius 2 is 1.57 bits per heavy atom. The second kappa shape index (κ2) is 12.4. The number of benzene rings is 1. The number of hydrogen-bond donors (Lipinski definition) is 1. The molecule has 1 aliphatic carbocycles. The van der Waals surface area contributed by atoms with Crippen molar-refractivity contribution in [3.8, 4) is 5.75 Å². The third kappa shape index (κ3) is 10.4. The molecule has 1 saturated carbocycles. The average molecular weight is 324 g/mol. The van der Waals surface area contributed by atoms with Crippen LogP contribution < -0.4 is 4.74 Å². The van der Waals surface area contributed by atoms with Gasteiger partial charge in [0.2, 0.25) is 0 Å². The minimum absolute atomic E-state index is 0.331. The summed E-state index contributed by atoms with van der Waals surface area (Å²) in [6.45, 7) is 7.07. The Kier molecular flexibility index (Phi) is 11.8. The van der Waals surface area contributed by atoms with Crippen LogP contribution in [-0.2, 0) is 0 Å². The molecule has 0 heterocycles. The average Bonchev–Trinajstić information content (AvgIpc) is 2.57. The van der Waals surface area contributed by atoms with Gasteiger partial charge in [-0.1, -0.05) is 50.8 Å². The van der Waals surface area contributed by atoms with Gasteiger partial charge in [0.1, 0.15) is 5.75 Å². The first kappa shape index (κ1) is 21.9. The zero-order valence-electron chi connectivity index (χ0n) is 16.1. The molecular formula is C20H37NO2. The molecule has 1 aromatic carbocycles. The summed E-state index contributed by atoms with van der Waals surface area (Å²) in [5, 5.41) is 10.1. The van der Waals surface area contributed by atoms with E-state index < -0.39 is 0 Å². The first-order chi connectivity index (χ1) is 10.9. The SMILES string of the molecule is CC.CN(C)CCC1(O)CCCCC1.COc1ccc(C)cc1. The number of aryl methyl sites for hydroxylation is 1. The lowest BCUT2D eigenvalue weighted by atomic mass is 9.82. The highest BCUT2D eigenvalue weighted by atomic mass is 16.5. The molecule has 0 aromatic heterocycles. The number of nitrogens with zero attached hydrogens (tertiary/aromatic N) is 1. The summed E-state index contributed by atoms with van der Waals surface area (Å²) >= 11 is 0. The van der Waals surface area contributed by atoms with E-state index >= 15 is 0 Å². The Morgan fingerprint density at radius 3 is 2.00 bits per heavy atom. The summed E-state index contributed by atoms with van der Waals surface area (Å²) in [5.74, 6) is 0.917. The molecule has 1 aromatic rings. The van der Waals surface area contributed by atoms with Gasteiger partial charge in [0, 0.05) is 6.54 Å². The van der Waals surface area contributed by atoms with Gasteiger partial charge in [0.05, 0.1) is 12.7 Å². The van der Waals surface area contributed by atoms with E-state index in [1.807, 2.05) is 38.1 Å². The molecule has 134 valence electrons. The zero-order chi connectivity index (χ0) is 17.7. The summed E-state index contributed by atoms with van der Waals surface area (Å²) in [6, 6.07) is 7.96. The molecule has 2 rings (SSSR count). The molecule has 1 aliphatic rings. The molecule has 3 nitrogen and oxygen atoms in total. The van der Waals surface area contributed by atoms with E-state index in [-0.39, 0.29) is 5.60 Å². The van der Waals surface area contributed by atoms with Gasteiger partial charge in [-0.3, -0.25) is 0 Å². The van der Waals surface area contributed by atoms with E-state index in [9.17, 15) is 5.11 Å². The summed E-state index contributed by atoms with van der Waals surface area (Å²) in [6.07, 6.45) is 6.71. The number of aliphatic hydroxyl groups is 1. The Balaban J connectivity index is 0.000000392. The van der Waals surface area contributed by atoms with E-state index in [0.29, 0.717) is 0 Å². The molecular weight excluding hydrogens is 286 g/mol. The third-order valence-corrected chi connectivity index (χ3v) is 4.07. The third-order valence-electron chi connectivity index (χ3n) is 4.07. The largest absolute Gasteiger partial charge is 0.497 e. The number of rotatable bonds is 4. The number of ether oxygens (including phenoxy) is 1. The fourth-order valence-corrected chi connectivity index (χ4v) is 2.57. The van der Waals surface area contributed by atoms with Crippen LogP contribution >= 0.6 is 0 Å². The highest BCUT2D eigenvalue weighted by molar-refractivity contribution is 5.25. The van der Waals surface area contributed by atoms with Crippen molar-refractivity contribution in [1.29, 1.82) is 0 Å². The maximum Gasteiger partial charge on any atom is 0.118 e. The minimum atomic E-state index is -0.331. The topological polar surface area (TPSA) is 32.7 Å². The first-order valence-electron chi connectivity index (χ1n) is 8.93. The van der Waals surface area contributed by atoms with Gasteiger partial charge in [0.15, 0.2) is 0 Å².